The lowest BCUT2D eigenvalue weighted by Gasteiger charge is -2.22. The van der Waals surface area contributed by atoms with E-state index in [0.717, 1.165) is 18.2 Å². The first kappa shape index (κ1) is 11.5. The van der Waals surface area contributed by atoms with Crippen LogP contribution >= 0.6 is 0 Å². The van der Waals surface area contributed by atoms with Gasteiger partial charge in [0.1, 0.15) is 0 Å². The molecule has 5 heteroatoms. The van der Waals surface area contributed by atoms with Crippen molar-refractivity contribution in [1.29, 1.82) is 0 Å². The van der Waals surface area contributed by atoms with Crippen LogP contribution in [0.5, 0.6) is 0 Å². The molecule has 1 heterocycles. The predicted octanol–water partition coefficient (Wildman–Crippen LogP) is 1.60. The summed E-state index contributed by atoms with van der Waals surface area (Å²) < 4.78 is 0. The SMILES string of the molecule is NCC(CCC1CCCCC1)c1nn[nH]n1. The molecule has 0 aromatic carbocycles. The number of rotatable bonds is 5. The Kier molecular flexibility index (Phi) is 4.27. The van der Waals surface area contributed by atoms with Gasteiger partial charge in [0, 0.05) is 12.5 Å². The number of tetrazole rings is 1. The second kappa shape index (κ2) is 5.94. The van der Waals surface area contributed by atoms with E-state index in [1.54, 1.807) is 0 Å². The zero-order valence-electron chi connectivity index (χ0n) is 9.73. The highest BCUT2D eigenvalue weighted by Crippen LogP contribution is 2.29. The maximum atomic E-state index is 5.76. The van der Waals surface area contributed by atoms with Gasteiger partial charge in [-0.3, -0.25) is 0 Å². The highest BCUT2D eigenvalue weighted by atomic mass is 15.5. The zero-order valence-corrected chi connectivity index (χ0v) is 9.73. The van der Waals surface area contributed by atoms with E-state index in [9.17, 15) is 0 Å². The fourth-order valence-corrected chi connectivity index (χ4v) is 2.61. The lowest BCUT2D eigenvalue weighted by atomic mass is 9.84. The van der Waals surface area contributed by atoms with Crippen molar-refractivity contribution >= 4 is 0 Å². The first-order valence-corrected chi connectivity index (χ1v) is 6.33. The van der Waals surface area contributed by atoms with Gasteiger partial charge in [0.2, 0.25) is 0 Å². The Labute approximate surface area is 96.2 Å². The molecule has 0 radical (unpaired) electrons. The topological polar surface area (TPSA) is 80.5 Å². The van der Waals surface area contributed by atoms with Gasteiger partial charge in [-0.2, -0.15) is 5.21 Å². The standard InChI is InChI=1S/C11H21N5/c12-8-10(11-13-15-16-14-11)7-6-9-4-2-1-3-5-9/h9-10H,1-8,12H2,(H,13,14,15,16). The first-order valence-electron chi connectivity index (χ1n) is 6.33. The second-order valence-corrected chi connectivity index (χ2v) is 4.78. The van der Waals surface area contributed by atoms with Gasteiger partial charge in [-0.15, -0.1) is 10.2 Å². The van der Waals surface area contributed by atoms with Gasteiger partial charge >= 0.3 is 0 Å². The Balaban J connectivity index is 1.78. The maximum Gasteiger partial charge on any atom is 0.178 e. The van der Waals surface area contributed by atoms with E-state index in [-0.39, 0.29) is 5.92 Å². The lowest BCUT2D eigenvalue weighted by molar-refractivity contribution is 0.322. The van der Waals surface area contributed by atoms with Gasteiger partial charge in [-0.1, -0.05) is 37.3 Å². The van der Waals surface area contributed by atoms with Crippen LogP contribution in [0.15, 0.2) is 0 Å². The summed E-state index contributed by atoms with van der Waals surface area (Å²) in [6.45, 7) is 0.617. The van der Waals surface area contributed by atoms with Crippen molar-refractivity contribution in [3.05, 3.63) is 5.82 Å². The van der Waals surface area contributed by atoms with Crippen LogP contribution in [0, 0.1) is 5.92 Å². The van der Waals surface area contributed by atoms with Crippen LogP contribution in [0.3, 0.4) is 0 Å². The van der Waals surface area contributed by atoms with Crippen LogP contribution in [0.1, 0.15) is 56.7 Å². The van der Waals surface area contributed by atoms with Crippen LogP contribution in [0.25, 0.3) is 0 Å². The molecule has 0 amide bonds. The minimum atomic E-state index is 0.278. The maximum absolute atomic E-state index is 5.76. The molecule has 2 rings (SSSR count). The Morgan fingerprint density at radius 1 is 1.31 bits per heavy atom. The Bertz CT molecular complexity index is 279. The largest absolute Gasteiger partial charge is 0.330 e. The summed E-state index contributed by atoms with van der Waals surface area (Å²) in [5.41, 5.74) is 5.76. The summed E-state index contributed by atoms with van der Waals surface area (Å²) in [6.07, 6.45) is 9.37. The number of nitrogens with zero attached hydrogens (tertiary/aromatic N) is 3. The molecule has 0 aliphatic heterocycles. The monoisotopic (exact) mass is 223 g/mol. The average molecular weight is 223 g/mol. The van der Waals surface area contributed by atoms with Crippen LogP contribution < -0.4 is 5.73 Å². The minimum absolute atomic E-state index is 0.278. The van der Waals surface area contributed by atoms with Crippen molar-refractivity contribution in [2.45, 2.75) is 50.9 Å². The van der Waals surface area contributed by atoms with Crippen molar-refractivity contribution < 1.29 is 0 Å². The smallest absolute Gasteiger partial charge is 0.178 e. The van der Waals surface area contributed by atoms with Gasteiger partial charge in [0.15, 0.2) is 5.82 Å². The minimum Gasteiger partial charge on any atom is -0.330 e. The molecule has 1 aromatic rings. The van der Waals surface area contributed by atoms with Crippen molar-refractivity contribution in [3.63, 3.8) is 0 Å². The number of hydrogen-bond acceptors (Lipinski definition) is 4. The van der Waals surface area contributed by atoms with Crippen molar-refractivity contribution in [2.75, 3.05) is 6.54 Å². The summed E-state index contributed by atoms with van der Waals surface area (Å²) in [7, 11) is 0. The van der Waals surface area contributed by atoms with Crippen molar-refractivity contribution in [2.24, 2.45) is 11.7 Å². The van der Waals surface area contributed by atoms with Crippen molar-refractivity contribution in [1.82, 2.24) is 20.6 Å². The fraction of sp³-hybridized carbons (Fsp3) is 0.909. The molecule has 1 atom stereocenters. The third kappa shape index (κ3) is 3.01. The summed E-state index contributed by atoms with van der Waals surface area (Å²) in [4.78, 5) is 0. The molecule has 5 nitrogen and oxygen atoms in total. The van der Waals surface area contributed by atoms with E-state index in [1.165, 1.54) is 38.5 Å². The number of nitrogens with one attached hydrogen (secondary N) is 1. The van der Waals surface area contributed by atoms with E-state index in [0.29, 0.717) is 6.54 Å². The zero-order chi connectivity index (χ0) is 11.2. The molecule has 1 saturated carbocycles. The fourth-order valence-electron chi connectivity index (χ4n) is 2.61. The molecular weight excluding hydrogens is 202 g/mol. The number of nitrogens with two attached hydrogens (primary N) is 1. The Morgan fingerprint density at radius 2 is 2.12 bits per heavy atom. The van der Waals surface area contributed by atoms with Crippen LogP contribution in [-0.4, -0.2) is 27.2 Å². The normalized spacial score (nSPS) is 19.8. The van der Waals surface area contributed by atoms with Crippen LogP contribution in [-0.2, 0) is 0 Å². The molecular formula is C11H21N5. The summed E-state index contributed by atoms with van der Waals surface area (Å²) in [5.74, 6) is 1.95. The quantitative estimate of drug-likeness (QED) is 0.794. The van der Waals surface area contributed by atoms with E-state index >= 15 is 0 Å². The van der Waals surface area contributed by atoms with Crippen LogP contribution in [0.4, 0.5) is 0 Å². The molecule has 3 N–H and O–H groups in total. The van der Waals surface area contributed by atoms with Gasteiger partial charge < -0.3 is 5.73 Å². The molecule has 0 spiro atoms. The molecule has 1 aromatic heterocycles. The molecule has 1 aliphatic rings. The van der Waals surface area contributed by atoms with E-state index < -0.39 is 0 Å². The third-order valence-electron chi connectivity index (χ3n) is 3.66. The van der Waals surface area contributed by atoms with Gasteiger partial charge in [-0.05, 0) is 18.8 Å². The molecule has 1 unspecified atom stereocenters. The summed E-state index contributed by atoms with van der Waals surface area (Å²) >= 11 is 0. The summed E-state index contributed by atoms with van der Waals surface area (Å²) in [6, 6.07) is 0. The van der Waals surface area contributed by atoms with E-state index in [2.05, 4.69) is 20.6 Å². The lowest BCUT2D eigenvalue weighted by Crippen LogP contribution is -2.16. The molecule has 0 bridgehead atoms. The van der Waals surface area contributed by atoms with E-state index in [1.807, 2.05) is 0 Å². The number of aromatic amines is 1. The Hall–Kier alpha value is -0.970. The van der Waals surface area contributed by atoms with Gasteiger partial charge in [-0.25, -0.2) is 0 Å². The van der Waals surface area contributed by atoms with Gasteiger partial charge in [0.05, 0.1) is 0 Å². The van der Waals surface area contributed by atoms with E-state index in [4.69, 9.17) is 5.73 Å². The highest BCUT2D eigenvalue weighted by Gasteiger charge is 2.18. The third-order valence-corrected chi connectivity index (χ3v) is 3.66. The molecule has 16 heavy (non-hydrogen) atoms. The van der Waals surface area contributed by atoms with Gasteiger partial charge in [0.25, 0.3) is 0 Å². The predicted molar refractivity (Wildman–Crippen MR) is 61.8 cm³/mol. The average Bonchev–Trinajstić information content (AvgIpc) is 2.85. The molecule has 1 fully saturated rings. The van der Waals surface area contributed by atoms with Crippen LogP contribution in [0.2, 0.25) is 0 Å². The molecule has 90 valence electrons. The van der Waals surface area contributed by atoms with Crippen molar-refractivity contribution in [3.8, 4) is 0 Å². The number of hydrogen-bond donors (Lipinski definition) is 2. The summed E-state index contributed by atoms with van der Waals surface area (Å²) in [5, 5.41) is 14.1. The molecule has 0 saturated heterocycles. The molecule has 1 aliphatic carbocycles. The Morgan fingerprint density at radius 3 is 2.75 bits per heavy atom. The number of H-pyrrole nitrogens is 1. The second-order valence-electron chi connectivity index (χ2n) is 4.78. The highest BCUT2D eigenvalue weighted by molar-refractivity contribution is 4.91. The first-order chi connectivity index (χ1) is 7.90. The number of aromatic nitrogens is 4.